The number of amides is 2. The van der Waals surface area contributed by atoms with Gasteiger partial charge in [-0.2, -0.15) is 0 Å². The van der Waals surface area contributed by atoms with Gasteiger partial charge in [-0.25, -0.2) is 4.79 Å². The third kappa shape index (κ3) is 11.7. The van der Waals surface area contributed by atoms with E-state index >= 15 is 0 Å². The minimum absolute atomic E-state index is 0.0780. The summed E-state index contributed by atoms with van der Waals surface area (Å²) in [7, 11) is 0. The number of carboxylic acids is 1. The van der Waals surface area contributed by atoms with E-state index in [1.54, 1.807) is 60.7 Å². The molecule has 2 amide bonds. The normalized spacial score (nSPS) is 11.0. The van der Waals surface area contributed by atoms with Gasteiger partial charge < -0.3 is 24.8 Å². The summed E-state index contributed by atoms with van der Waals surface area (Å²) in [6.07, 6.45) is 5.78. The van der Waals surface area contributed by atoms with Crippen LogP contribution in [0.3, 0.4) is 0 Å². The molecule has 0 aromatic heterocycles. The monoisotopic (exact) mass is 616 g/mol. The Labute approximate surface area is 265 Å². The Bertz CT molecular complexity index is 1410. The molecule has 240 valence electrons. The number of ether oxygens (including phenoxy) is 2. The summed E-state index contributed by atoms with van der Waals surface area (Å²) in [6.45, 7) is 8.25. The van der Waals surface area contributed by atoms with Crippen molar-refractivity contribution in [3.05, 3.63) is 95.1 Å². The molecular weight excluding hydrogens is 572 g/mol. The summed E-state index contributed by atoms with van der Waals surface area (Å²) in [5.74, 6) is -1.63. The molecule has 3 rings (SSSR count). The summed E-state index contributed by atoms with van der Waals surface area (Å²) in [6, 6.07) is 20.7. The summed E-state index contributed by atoms with van der Waals surface area (Å²) in [5.41, 5.74) is 2.46. The van der Waals surface area contributed by atoms with Crippen LogP contribution < -0.4 is 14.8 Å². The predicted molar refractivity (Wildman–Crippen MR) is 173 cm³/mol. The standard InChI is InChI=1S/C36H44N2O7/c1-5-6-7-8-9-22-44-30-20-14-28(15-21-30)35(43)45-31-18-10-26(11-19-31)24-38(25-32(39)37-23-33(40)41)34(42)27-12-16-29(17-13-27)36(2,3)4/h10-21H,5-9,22-25H2,1-4H3,(H,37,39)(H,40,41). The second-order valence-electron chi connectivity index (χ2n) is 12.0. The average Bonchev–Trinajstić information content (AvgIpc) is 3.02. The van der Waals surface area contributed by atoms with Crippen molar-refractivity contribution >= 4 is 23.8 Å². The van der Waals surface area contributed by atoms with Crippen molar-refractivity contribution in [1.29, 1.82) is 0 Å². The first-order chi connectivity index (χ1) is 21.5. The number of aliphatic carboxylic acids is 1. The molecule has 0 radical (unpaired) electrons. The van der Waals surface area contributed by atoms with Crippen LogP contribution in [0.2, 0.25) is 0 Å². The molecule has 0 unspecified atom stereocenters. The zero-order valence-electron chi connectivity index (χ0n) is 26.6. The molecule has 0 aliphatic carbocycles. The van der Waals surface area contributed by atoms with Gasteiger partial charge in [0.15, 0.2) is 0 Å². The molecule has 0 atom stereocenters. The Balaban J connectivity index is 1.62. The summed E-state index contributed by atoms with van der Waals surface area (Å²) in [5, 5.41) is 11.2. The number of benzene rings is 3. The topological polar surface area (TPSA) is 122 Å². The fraction of sp³-hybridized carbons (Fsp3) is 0.389. The van der Waals surface area contributed by atoms with Gasteiger partial charge in [0.2, 0.25) is 5.91 Å². The minimum Gasteiger partial charge on any atom is -0.494 e. The number of hydrogen-bond acceptors (Lipinski definition) is 6. The average molecular weight is 617 g/mol. The molecule has 0 spiro atoms. The second kappa shape index (κ2) is 17.0. The van der Waals surface area contributed by atoms with Crippen molar-refractivity contribution in [1.82, 2.24) is 10.2 Å². The van der Waals surface area contributed by atoms with E-state index in [4.69, 9.17) is 14.6 Å². The number of nitrogens with zero attached hydrogens (tertiary/aromatic N) is 1. The Morgan fingerprint density at radius 3 is 1.98 bits per heavy atom. The van der Waals surface area contributed by atoms with Gasteiger partial charge in [0.05, 0.1) is 12.2 Å². The second-order valence-corrected chi connectivity index (χ2v) is 12.0. The molecule has 0 aliphatic heterocycles. The first-order valence-corrected chi connectivity index (χ1v) is 15.4. The number of esters is 1. The van der Waals surface area contributed by atoms with Gasteiger partial charge in [0.25, 0.3) is 5.91 Å². The van der Waals surface area contributed by atoms with Crippen LogP contribution in [0.15, 0.2) is 72.8 Å². The Morgan fingerprint density at radius 2 is 1.38 bits per heavy atom. The van der Waals surface area contributed by atoms with Crippen molar-refractivity contribution < 1.29 is 33.8 Å². The lowest BCUT2D eigenvalue weighted by Crippen LogP contribution is -2.41. The van der Waals surface area contributed by atoms with Crippen molar-refractivity contribution in [2.24, 2.45) is 0 Å². The molecule has 0 bridgehead atoms. The van der Waals surface area contributed by atoms with Crippen LogP contribution in [-0.4, -0.2) is 53.5 Å². The molecule has 9 heteroatoms. The van der Waals surface area contributed by atoms with Gasteiger partial charge in [-0.3, -0.25) is 14.4 Å². The molecule has 0 saturated carbocycles. The van der Waals surface area contributed by atoms with Crippen molar-refractivity contribution in [3.8, 4) is 11.5 Å². The zero-order chi connectivity index (χ0) is 32.8. The van der Waals surface area contributed by atoms with Crippen LogP contribution in [0.25, 0.3) is 0 Å². The van der Waals surface area contributed by atoms with Crippen molar-refractivity contribution in [3.63, 3.8) is 0 Å². The quantitative estimate of drug-likeness (QED) is 0.109. The van der Waals surface area contributed by atoms with Crippen LogP contribution in [0, 0.1) is 0 Å². The van der Waals surface area contributed by atoms with Gasteiger partial charge in [-0.05, 0) is 71.5 Å². The zero-order valence-corrected chi connectivity index (χ0v) is 26.6. The highest BCUT2D eigenvalue weighted by Crippen LogP contribution is 2.23. The fourth-order valence-electron chi connectivity index (χ4n) is 4.53. The Morgan fingerprint density at radius 1 is 0.778 bits per heavy atom. The lowest BCUT2D eigenvalue weighted by Gasteiger charge is -2.23. The highest BCUT2D eigenvalue weighted by atomic mass is 16.5. The summed E-state index contributed by atoms with van der Waals surface area (Å²) >= 11 is 0. The van der Waals surface area contributed by atoms with Crippen LogP contribution in [0.5, 0.6) is 11.5 Å². The molecule has 2 N–H and O–H groups in total. The van der Waals surface area contributed by atoms with Crippen LogP contribution >= 0.6 is 0 Å². The van der Waals surface area contributed by atoms with Crippen LogP contribution in [0.4, 0.5) is 0 Å². The maximum Gasteiger partial charge on any atom is 0.343 e. The molecule has 3 aromatic rings. The van der Waals surface area contributed by atoms with E-state index in [1.807, 2.05) is 12.1 Å². The number of rotatable bonds is 16. The van der Waals surface area contributed by atoms with Crippen molar-refractivity contribution in [2.45, 2.75) is 71.8 Å². The van der Waals surface area contributed by atoms with E-state index < -0.39 is 24.4 Å². The number of unbranched alkanes of at least 4 members (excludes halogenated alkanes) is 4. The summed E-state index contributed by atoms with van der Waals surface area (Å²) in [4.78, 5) is 50.9. The smallest absolute Gasteiger partial charge is 0.343 e. The predicted octanol–water partition coefficient (Wildman–Crippen LogP) is 6.40. The van der Waals surface area contributed by atoms with Gasteiger partial charge in [0, 0.05) is 12.1 Å². The fourth-order valence-corrected chi connectivity index (χ4v) is 4.53. The SMILES string of the molecule is CCCCCCCOc1ccc(C(=O)Oc2ccc(CN(CC(=O)NCC(=O)O)C(=O)c3ccc(C(C)(C)C)cc3)cc2)cc1. The van der Waals surface area contributed by atoms with Gasteiger partial charge in [0.1, 0.15) is 24.6 Å². The minimum atomic E-state index is -1.18. The maximum absolute atomic E-state index is 13.4. The van der Waals surface area contributed by atoms with E-state index in [9.17, 15) is 19.2 Å². The molecule has 3 aromatic carbocycles. The van der Waals surface area contributed by atoms with Crippen LogP contribution in [-0.2, 0) is 21.5 Å². The molecule has 0 saturated heterocycles. The first-order valence-electron chi connectivity index (χ1n) is 15.4. The maximum atomic E-state index is 13.4. The molecular formula is C36H44N2O7. The molecule has 45 heavy (non-hydrogen) atoms. The molecule has 0 fully saturated rings. The Kier molecular flexibility index (Phi) is 13.1. The van der Waals surface area contributed by atoms with E-state index in [1.165, 1.54) is 24.2 Å². The molecule has 0 heterocycles. The van der Waals surface area contributed by atoms with E-state index in [0.29, 0.717) is 34.8 Å². The number of carbonyl (C=O) groups excluding carboxylic acids is 3. The van der Waals surface area contributed by atoms with E-state index in [-0.39, 0.29) is 24.4 Å². The third-order valence-corrected chi connectivity index (χ3v) is 7.17. The number of nitrogens with one attached hydrogen (secondary N) is 1. The molecule has 0 aliphatic rings. The van der Waals surface area contributed by atoms with Gasteiger partial charge >= 0.3 is 11.9 Å². The summed E-state index contributed by atoms with van der Waals surface area (Å²) < 4.78 is 11.3. The lowest BCUT2D eigenvalue weighted by molar-refractivity contribution is -0.138. The lowest BCUT2D eigenvalue weighted by atomic mass is 9.86. The number of carboxylic acid groups (broad SMARTS) is 1. The largest absolute Gasteiger partial charge is 0.494 e. The first kappa shape index (κ1) is 34.8. The van der Waals surface area contributed by atoms with E-state index in [0.717, 1.165) is 18.4 Å². The Hall–Kier alpha value is -4.66. The van der Waals surface area contributed by atoms with Gasteiger partial charge in [-0.15, -0.1) is 0 Å². The highest BCUT2D eigenvalue weighted by molar-refractivity contribution is 5.97. The molecule has 9 nitrogen and oxygen atoms in total. The highest BCUT2D eigenvalue weighted by Gasteiger charge is 2.21. The number of carbonyl (C=O) groups is 4. The van der Waals surface area contributed by atoms with Crippen LogP contribution in [0.1, 0.15) is 91.6 Å². The van der Waals surface area contributed by atoms with E-state index in [2.05, 4.69) is 33.0 Å². The van der Waals surface area contributed by atoms with Gasteiger partial charge in [-0.1, -0.05) is 77.6 Å². The number of hydrogen-bond donors (Lipinski definition) is 2. The van der Waals surface area contributed by atoms with Crippen molar-refractivity contribution in [2.75, 3.05) is 19.7 Å². The third-order valence-electron chi connectivity index (χ3n) is 7.17.